The number of hydrogen-bond acceptors (Lipinski definition) is 1. The van der Waals surface area contributed by atoms with Crippen molar-refractivity contribution in [1.82, 2.24) is 4.98 Å². The van der Waals surface area contributed by atoms with E-state index in [2.05, 4.69) is 18.0 Å². The zero-order valence-corrected chi connectivity index (χ0v) is 8.14. The molecule has 2 aromatic rings. The van der Waals surface area contributed by atoms with Gasteiger partial charge >= 0.3 is 0 Å². The zero-order chi connectivity index (χ0) is 7.68. The minimum Gasteiger partial charge on any atom is -0.256 e. The van der Waals surface area contributed by atoms with Gasteiger partial charge in [0.25, 0.3) is 0 Å². The monoisotopic (exact) mass is 170 g/mol. The minimum absolute atomic E-state index is 0. The molecule has 0 unspecified atom stereocenters. The van der Waals surface area contributed by atoms with Crippen LogP contribution in [0, 0.1) is 6.92 Å². The summed E-state index contributed by atoms with van der Waals surface area (Å²) in [6.07, 6.45) is 1.84. The van der Waals surface area contributed by atoms with Gasteiger partial charge in [-0.15, -0.1) is 0 Å². The number of rotatable bonds is 0. The number of aryl methyl sites for hydroxylation is 1. The van der Waals surface area contributed by atoms with Crippen molar-refractivity contribution < 1.29 is 0 Å². The van der Waals surface area contributed by atoms with Crippen molar-refractivity contribution in [2.45, 2.75) is 6.92 Å². The third-order valence-electron chi connectivity index (χ3n) is 1.87. The third kappa shape index (κ3) is 1.50. The molecule has 12 heavy (non-hydrogen) atoms. The molecular formula is C10H9AlN. The van der Waals surface area contributed by atoms with Gasteiger partial charge < -0.3 is 0 Å². The van der Waals surface area contributed by atoms with Gasteiger partial charge in [0.2, 0.25) is 0 Å². The molecule has 0 saturated carbocycles. The molecular weight excluding hydrogens is 161 g/mol. The first-order valence-corrected chi connectivity index (χ1v) is 3.68. The second-order valence-corrected chi connectivity index (χ2v) is 2.64. The van der Waals surface area contributed by atoms with Crippen molar-refractivity contribution in [3.8, 4) is 0 Å². The molecule has 1 aromatic carbocycles. The van der Waals surface area contributed by atoms with Crippen molar-refractivity contribution in [3.63, 3.8) is 0 Å². The maximum atomic E-state index is 4.24. The molecule has 2 heteroatoms. The smallest absolute Gasteiger partial charge is 0.0704 e. The Morgan fingerprint density at radius 2 is 1.83 bits per heavy atom. The molecule has 2 rings (SSSR count). The Bertz CT molecular complexity index is 379. The van der Waals surface area contributed by atoms with Crippen LogP contribution in [0.1, 0.15) is 5.56 Å². The van der Waals surface area contributed by atoms with Crippen molar-refractivity contribution in [1.29, 1.82) is 0 Å². The molecule has 57 valence electrons. The Hall–Kier alpha value is -0.838. The Kier molecular flexibility index (Phi) is 2.86. The average molecular weight is 170 g/mol. The van der Waals surface area contributed by atoms with E-state index in [4.69, 9.17) is 0 Å². The van der Waals surface area contributed by atoms with E-state index in [9.17, 15) is 0 Å². The standard InChI is InChI=1S/C10H9N.Al/c1-8-6-7-11-10-5-3-2-4-9(8)10;/h2-7H,1H3;. The first-order valence-electron chi connectivity index (χ1n) is 3.68. The number of nitrogens with zero attached hydrogens (tertiary/aromatic N) is 1. The molecule has 0 aliphatic heterocycles. The summed E-state index contributed by atoms with van der Waals surface area (Å²) in [6, 6.07) is 10.2. The summed E-state index contributed by atoms with van der Waals surface area (Å²) < 4.78 is 0. The third-order valence-corrected chi connectivity index (χ3v) is 1.87. The Balaban J connectivity index is 0.000000720. The minimum atomic E-state index is 0. The Labute approximate surface area is 82.6 Å². The highest BCUT2D eigenvalue weighted by Gasteiger charge is 1.93. The van der Waals surface area contributed by atoms with E-state index in [0.717, 1.165) is 5.52 Å². The number of para-hydroxylation sites is 1. The second-order valence-electron chi connectivity index (χ2n) is 2.64. The van der Waals surface area contributed by atoms with E-state index in [0.29, 0.717) is 0 Å². The summed E-state index contributed by atoms with van der Waals surface area (Å²) in [5.74, 6) is 0. The lowest BCUT2D eigenvalue weighted by molar-refractivity contribution is 1.37. The number of pyridine rings is 1. The summed E-state index contributed by atoms with van der Waals surface area (Å²) >= 11 is 0. The van der Waals surface area contributed by atoms with Crippen LogP contribution in [0.15, 0.2) is 36.5 Å². The van der Waals surface area contributed by atoms with E-state index in [1.54, 1.807) is 0 Å². The lowest BCUT2D eigenvalue weighted by atomic mass is 10.1. The molecule has 0 aliphatic rings. The summed E-state index contributed by atoms with van der Waals surface area (Å²) in [7, 11) is 0. The van der Waals surface area contributed by atoms with Gasteiger partial charge in [-0.3, -0.25) is 4.98 Å². The van der Waals surface area contributed by atoms with Crippen LogP contribution < -0.4 is 0 Å². The highest BCUT2D eigenvalue weighted by atomic mass is 27.0. The predicted molar refractivity (Wildman–Crippen MR) is 52.2 cm³/mol. The zero-order valence-electron chi connectivity index (χ0n) is 6.99. The molecule has 0 atom stereocenters. The molecule has 0 aliphatic carbocycles. The predicted octanol–water partition coefficient (Wildman–Crippen LogP) is 2.16. The number of benzene rings is 1. The normalized spacial score (nSPS) is 9.42. The summed E-state index contributed by atoms with van der Waals surface area (Å²) in [4.78, 5) is 4.24. The van der Waals surface area contributed by atoms with Crippen LogP contribution in [-0.4, -0.2) is 22.3 Å². The first-order chi connectivity index (χ1) is 5.38. The van der Waals surface area contributed by atoms with Gasteiger partial charge in [0, 0.05) is 28.9 Å². The second kappa shape index (κ2) is 3.71. The van der Waals surface area contributed by atoms with Gasteiger partial charge in [-0.1, -0.05) is 18.2 Å². The van der Waals surface area contributed by atoms with E-state index >= 15 is 0 Å². The van der Waals surface area contributed by atoms with Crippen molar-refractivity contribution in [2.75, 3.05) is 0 Å². The van der Waals surface area contributed by atoms with Crippen LogP contribution in [0.4, 0.5) is 0 Å². The lowest BCUT2D eigenvalue weighted by Gasteiger charge is -1.97. The van der Waals surface area contributed by atoms with Crippen molar-refractivity contribution in [2.24, 2.45) is 0 Å². The molecule has 1 nitrogen and oxygen atoms in total. The Morgan fingerprint density at radius 1 is 1.08 bits per heavy atom. The summed E-state index contributed by atoms with van der Waals surface area (Å²) in [5, 5.41) is 1.25. The maximum Gasteiger partial charge on any atom is 0.0704 e. The van der Waals surface area contributed by atoms with Gasteiger partial charge in [-0.05, 0) is 24.6 Å². The van der Waals surface area contributed by atoms with Gasteiger partial charge in [-0.2, -0.15) is 0 Å². The largest absolute Gasteiger partial charge is 0.256 e. The number of fused-ring (bicyclic) bond motifs is 1. The van der Waals surface area contributed by atoms with Crippen LogP contribution >= 0.6 is 0 Å². The summed E-state index contributed by atoms with van der Waals surface area (Å²) in [6.45, 7) is 2.10. The van der Waals surface area contributed by atoms with Crippen molar-refractivity contribution in [3.05, 3.63) is 42.1 Å². The van der Waals surface area contributed by atoms with Crippen LogP contribution in [0.3, 0.4) is 0 Å². The topological polar surface area (TPSA) is 12.9 Å². The number of aromatic nitrogens is 1. The molecule has 1 aromatic heterocycles. The molecule has 0 spiro atoms. The molecule has 3 radical (unpaired) electrons. The van der Waals surface area contributed by atoms with Gasteiger partial charge in [0.1, 0.15) is 0 Å². The fourth-order valence-corrected chi connectivity index (χ4v) is 1.24. The quantitative estimate of drug-likeness (QED) is 0.552. The van der Waals surface area contributed by atoms with E-state index in [-0.39, 0.29) is 17.4 Å². The van der Waals surface area contributed by atoms with E-state index < -0.39 is 0 Å². The van der Waals surface area contributed by atoms with Gasteiger partial charge in [-0.25, -0.2) is 0 Å². The molecule has 0 amide bonds. The first kappa shape index (κ1) is 9.25. The SMILES string of the molecule is Cc1ccnc2ccccc12.[Al]. The van der Waals surface area contributed by atoms with Crippen LogP contribution in [0.5, 0.6) is 0 Å². The fraction of sp³-hybridized carbons (Fsp3) is 0.100. The van der Waals surface area contributed by atoms with E-state index in [1.165, 1.54) is 10.9 Å². The molecule has 0 N–H and O–H groups in total. The van der Waals surface area contributed by atoms with Crippen LogP contribution in [0.25, 0.3) is 10.9 Å². The van der Waals surface area contributed by atoms with Crippen LogP contribution in [0.2, 0.25) is 0 Å². The highest BCUT2D eigenvalue weighted by molar-refractivity contribution is 5.81. The lowest BCUT2D eigenvalue weighted by Crippen LogP contribution is -1.79. The fourth-order valence-electron chi connectivity index (χ4n) is 1.24. The summed E-state index contributed by atoms with van der Waals surface area (Å²) in [5.41, 5.74) is 2.36. The Morgan fingerprint density at radius 3 is 2.58 bits per heavy atom. The molecule has 1 heterocycles. The maximum absolute atomic E-state index is 4.24. The molecule has 0 bridgehead atoms. The molecule has 0 saturated heterocycles. The number of hydrogen-bond donors (Lipinski definition) is 0. The van der Waals surface area contributed by atoms with Gasteiger partial charge in [0.15, 0.2) is 0 Å². The highest BCUT2D eigenvalue weighted by Crippen LogP contribution is 2.13. The average Bonchev–Trinajstić information content (AvgIpc) is 2.06. The van der Waals surface area contributed by atoms with Gasteiger partial charge in [0.05, 0.1) is 5.52 Å². The van der Waals surface area contributed by atoms with E-state index in [1.807, 2.05) is 30.5 Å². The molecule has 0 fully saturated rings. The van der Waals surface area contributed by atoms with Crippen molar-refractivity contribution >= 4 is 28.3 Å². The van der Waals surface area contributed by atoms with Crippen LogP contribution in [-0.2, 0) is 0 Å².